The second-order valence-electron chi connectivity index (χ2n) is 8.44. The van der Waals surface area contributed by atoms with Crippen molar-refractivity contribution in [2.45, 2.75) is 77.0 Å². The van der Waals surface area contributed by atoms with Crippen LogP contribution < -0.4 is 10.6 Å². The van der Waals surface area contributed by atoms with E-state index < -0.39 is 0 Å². The predicted molar refractivity (Wildman–Crippen MR) is 119 cm³/mol. The van der Waals surface area contributed by atoms with Gasteiger partial charge in [-0.05, 0) is 42.7 Å². The standard InChI is InChI=1S/C24H39N3O2/c1-25-24(26-14-6-11-20-7-3-2-4-8-20)27-18-21-9-5-10-22(17-21)19-29-23-12-15-28-16-13-23/h5,9-10,17,20,23H,2-4,6-8,11-16,18-19H2,1H3,(H2,25,26,27). The predicted octanol–water partition coefficient (Wildman–Crippen LogP) is 4.41. The first-order valence-corrected chi connectivity index (χ1v) is 11.5. The van der Waals surface area contributed by atoms with Crippen molar-refractivity contribution in [1.29, 1.82) is 0 Å². The van der Waals surface area contributed by atoms with Crippen LogP contribution in [0.4, 0.5) is 0 Å². The smallest absolute Gasteiger partial charge is 0.191 e. The van der Waals surface area contributed by atoms with Gasteiger partial charge in [-0.15, -0.1) is 0 Å². The highest BCUT2D eigenvalue weighted by Gasteiger charge is 2.14. The molecule has 0 bridgehead atoms. The van der Waals surface area contributed by atoms with Gasteiger partial charge < -0.3 is 20.1 Å². The Morgan fingerprint density at radius 3 is 2.66 bits per heavy atom. The van der Waals surface area contributed by atoms with Gasteiger partial charge in [-0.25, -0.2) is 0 Å². The summed E-state index contributed by atoms with van der Waals surface area (Å²) in [5.41, 5.74) is 2.48. The fraction of sp³-hybridized carbons (Fsp3) is 0.708. The highest BCUT2D eigenvalue weighted by Crippen LogP contribution is 2.26. The molecular formula is C24H39N3O2. The first kappa shape index (κ1) is 22.1. The molecule has 5 nitrogen and oxygen atoms in total. The topological polar surface area (TPSA) is 54.9 Å². The van der Waals surface area contributed by atoms with Crippen LogP contribution in [0, 0.1) is 5.92 Å². The summed E-state index contributed by atoms with van der Waals surface area (Å²) in [6.07, 6.45) is 12.1. The summed E-state index contributed by atoms with van der Waals surface area (Å²) in [6, 6.07) is 8.63. The normalized spacial score (nSPS) is 19.3. The van der Waals surface area contributed by atoms with Crippen LogP contribution in [-0.4, -0.2) is 38.9 Å². The maximum atomic E-state index is 6.05. The highest BCUT2D eigenvalue weighted by atomic mass is 16.5. The minimum Gasteiger partial charge on any atom is -0.381 e. The van der Waals surface area contributed by atoms with Crippen molar-refractivity contribution in [1.82, 2.24) is 10.6 Å². The first-order chi connectivity index (χ1) is 14.3. The van der Waals surface area contributed by atoms with Crippen molar-refractivity contribution in [3.05, 3.63) is 35.4 Å². The second kappa shape index (κ2) is 12.9. The molecule has 162 valence electrons. The van der Waals surface area contributed by atoms with Gasteiger partial charge in [0.2, 0.25) is 0 Å². The van der Waals surface area contributed by atoms with Crippen LogP contribution in [0.1, 0.15) is 68.9 Å². The Hall–Kier alpha value is -1.59. The Labute approximate surface area is 176 Å². The minimum absolute atomic E-state index is 0.335. The molecule has 5 heteroatoms. The van der Waals surface area contributed by atoms with E-state index in [9.17, 15) is 0 Å². The quantitative estimate of drug-likeness (QED) is 0.366. The van der Waals surface area contributed by atoms with Gasteiger partial charge in [0.05, 0.1) is 12.7 Å². The van der Waals surface area contributed by atoms with Crippen LogP contribution in [0.25, 0.3) is 0 Å². The van der Waals surface area contributed by atoms with Crippen LogP contribution in [0.3, 0.4) is 0 Å². The molecule has 1 aliphatic heterocycles. The van der Waals surface area contributed by atoms with Gasteiger partial charge in [0.1, 0.15) is 0 Å². The lowest BCUT2D eigenvalue weighted by Crippen LogP contribution is -2.37. The zero-order valence-electron chi connectivity index (χ0n) is 18.1. The summed E-state index contributed by atoms with van der Waals surface area (Å²) in [7, 11) is 1.84. The monoisotopic (exact) mass is 401 g/mol. The van der Waals surface area contributed by atoms with E-state index in [0.717, 1.165) is 51.0 Å². The van der Waals surface area contributed by atoms with Crippen LogP contribution in [0.15, 0.2) is 29.3 Å². The molecule has 2 N–H and O–H groups in total. The van der Waals surface area contributed by atoms with Crippen molar-refractivity contribution in [3.63, 3.8) is 0 Å². The number of hydrogen-bond donors (Lipinski definition) is 2. The Kier molecular flexibility index (Phi) is 9.80. The zero-order chi connectivity index (χ0) is 20.2. The van der Waals surface area contributed by atoms with E-state index in [0.29, 0.717) is 12.7 Å². The van der Waals surface area contributed by atoms with E-state index in [4.69, 9.17) is 9.47 Å². The van der Waals surface area contributed by atoms with Crippen molar-refractivity contribution in [2.75, 3.05) is 26.8 Å². The summed E-state index contributed by atoms with van der Waals surface area (Å²) in [6.45, 7) is 4.08. The molecule has 1 aromatic carbocycles. The second-order valence-corrected chi connectivity index (χ2v) is 8.44. The van der Waals surface area contributed by atoms with Gasteiger partial charge in [0.15, 0.2) is 5.96 Å². The van der Waals surface area contributed by atoms with Gasteiger partial charge >= 0.3 is 0 Å². The molecule has 3 rings (SSSR count). The molecule has 1 aliphatic carbocycles. The van der Waals surface area contributed by atoms with Gasteiger partial charge in [0.25, 0.3) is 0 Å². The van der Waals surface area contributed by atoms with Crippen LogP contribution >= 0.6 is 0 Å². The number of guanidine groups is 1. The zero-order valence-corrected chi connectivity index (χ0v) is 18.1. The van der Waals surface area contributed by atoms with Gasteiger partial charge in [0, 0.05) is 33.4 Å². The molecule has 1 saturated carbocycles. The molecular weight excluding hydrogens is 362 g/mol. The number of hydrogen-bond acceptors (Lipinski definition) is 3. The Balaban J connectivity index is 1.34. The van der Waals surface area contributed by atoms with Crippen molar-refractivity contribution >= 4 is 5.96 Å². The van der Waals surface area contributed by atoms with Gasteiger partial charge in [-0.2, -0.15) is 0 Å². The SMILES string of the molecule is CN=C(NCCCC1CCCCC1)NCc1cccc(COC2CCOCC2)c1. The van der Waals surface area contributed by atoms with Gasteiger partial charge in [-0.3, -0.25) is 4.99 Å². The van der Waals surface area contributed by atoms with Crippen LogP contribution in [-0.2, 0) is 22.6 Å². The fourth-order valence-electron chi connectivity index (χ4n) is 4.37. The molecule has 2 aliphatic rings. The first-order valence-electron chi connectivity index (χ1n) is 11.5. The van der Waals surface area contributed by atoms with E-state index in [2.05, 4.69) is 39.9 Å². The molecule has 2 fully saturated rings. The van der Waals surface area contributed by atoms with Crippen LogP contribution in [0.5, 0.6) is 0 Å². The number of aliphatic imine (C=N–C) groups is 1. The molecule has 1 aromatic rings. The Morgan fingerprint density at radius 2 is 1.86 bits per heavy atom. The van der Waals surface area contributed by atoms with E-state index in [1.165, 1.54) is 56.1 Å². The Morgan fingerprint density at radius 1 is 1.07 bits per heavy atom. The third-order valence-corrected chi connectivity index (χ3v) is 6.14. The molecule has 1 heterocycles. The lowest BCUT2D eigenvalue weighted by molar-refractivity contribution is -0.0390. The third kappa shape index (κ3) is 8.35. The summed E-state index contributed by atoms with van der Waals surface area (Å²) in [4.78, 5) is 4.37. The summed E-state index contributed by atoms with van der Waals surface area (Å²) in [5.74, 6) is 1.84. The van der Waals surface area contributed by atoms with Crippen molar-refractivity contribution in [3.8, 4) is 0 Å². The Bertz CT molecular complexity index is 608. The number of nitrogens with one attached hydrogen (secondary N) is 2. The molecule has 0 amide bonds. The third-order valence-electron chi connectivity index (χ3n) is 6.14. The maximum absolute atomic E-state index is 6.05. The van der Waals surface area contributed by atoms with E-state index in [1.807, 2.05) is 7.05 Å². The minimum atomic E-state index is 0.335. The number of benzene rings is 1. The largest absolute Gasteiger partial charge is 0.381 e. The summed E-state index contributed by atoms with van der Waals surface area (Å²) in [5, 5.41) is 6.90. The van der Waals surface area contributed by atoms with E-state index >= 15 is 0 Å². The van der Waals surface area contributed by atoms with E-state index in [-0.39, 0.29) is 0 Å². The van der Waals surface area contributed by atoms with E-state index in [1.54, 1.807) is 0 Å². The molecule has 0 atom stereocenters. The molecule has 1 saturated heterocycles. The van der Waals surface area contributed by atoms with Crippen molar-refractivity contribution in [2.24, 2.45) is 10.9 Å². The number of rotatable bonds is 9. The lowest BCUT2D eigenvalue weighted by Gasteiger charge is -2.22. The molecule has 29 heavy (non-hydrogen) atoms. The maximum Gasteiger partial charge on any atom is 0.191 e. The van der Waals surface area contributed by atoms with Gasteiger partial charge in [-0.1, -0.05) is 56.4 Å². The van der Waals surface area contributed by atoms with Crippen molar-refractivity contribution < 1.29 is 9.47 Å². The molecule has 0 spiro atoms. The number of ether oxygens (including phenoxy) is 2. The van der Waals surface area contributed by atoms with Crippen LogP contribution in [0.2, 0.25) is 0 Å². The highest BCUT2D eigenvalue weighted by molar-refractivity contribution is 5.79. The molecule has 0 aromatic heterocycles. The average Bonchev–Trinajstić information content (AvgIpc) is 2.79. The average molecular weight is 402 g/mol. The molecule has 0 unspecified atom stereocenters. The lowest BCUT2D eigenvalue weighted by atomic mass is 9.86. The molecule has 0 radical (unpaired) electrons. The fourth-order valence-corrected chi connectivity index (χ4v) is 4.37. The summed E-state index contributed by atoms with van der Waals surface area (Å²) >= 11 is 0. The number of nitrogens with zero attached hydrogens (tertiary/aromatic N) is 1. The summed E-state index contributed by atoms with van der Waals surface area (Å²) < 4.78 is 11.4.